The maximum atomic E-state index is 14.1. The molecule has 10 heteroatoms. The Balaban J connectivity index is 1.57. The van der Waals surface area contributed by atoms with Gasteiger partial charge in [-0.2, -0.15) is 0 Å². The number of hydrogen-bond donors (Lipinski definition) is 2. The molecule has 178 valence electrons. The van der Waals surface area contributed by atoms with Gasteiger partial charge in [-0.05, 0) is 36.8 Å². The largest absolute Gasteiger partial charge is 0.493 e. The first-order chi connectivity index (χ1) is 16.4. The Labute approximate surface area is 201 Å². The van der Waals surface area contributed by atoms with Crippen molar-refractivity contribution < 1.29 is 18.7 Å². The summed E-state index contributed by atoms with van der Waals surface area (Å²) in [6.45, 7) is 8.34. The van der Waals surface area contributed by atoms with Gasteiger partial charge in [0.2, 0.25) is 5.91 Å². The molecule has 0 radical (unpaired) electrons. The number of nitrogens with one attached hydrogen (secondary N) is 1. The van der Waals surface area contributed by atoms with Crippen molar-refractivity contribution in [2.75, 3.05) is 50.5 Å². The SMILES string of the molecule is C=CC(=O)Nc1cc(F)c(Cl)cc1-c1nc(N)c2ccc(OCCCN3CCOCC3)cc2n1. The molecule has 3 N–H and O–H groups in total. The summed E-state index contributed by atoms with van der Waals surface area (Å²) in [5.41, 5.74) is 7.21. The molecule has 0 saturated carbocycles. The summed E-state index contributed by atoms with van der Waals surface area (Å²) in [7, 11) is 0. The summed E-state index contributed by atoms with van der Waals surface area (Å²) in [4.78, 5) is 23.1. The van der Waals surface area contributed by atoms with E-state index in [9.17, 15) is 9.18 Å². The molecule has 3 aromatic rings. The number of hydrogen-bond acceptors (Lipinski definition) is 7. The Morgan fingerprint density at radius 2 is 2.09 bits per heavy atom. The minimum Gasteiger partial charge on any atom is -0.493 e. The van der Waals surface area contributed by atoms with Crippen LogP contribution < -0.4 is 15.8 Å². The van der Waals surface area contributed by atoms with Crippen LogP contribution in [0.3, 0.4) is 0 Å². The lowest BCUT2D eigenvalue weighted by Crippen LogP contribution is -2.37. The predicted octanol–water partition coefficient (Wildman–Crippen LogP) is 3.90. The molecule has 0 unspecified atom stereocenters. The van der Waals surface area contributed by atoms with Crippen molar-refractivity contribution in [2.24, 2.45) is 0 Å². The molecule has 1 aliphatic rings. The third-order valence-corrected chi connectivity index (χ3v) is 5.72. The number of nitrogen functional groups attached to an aromatic ring is 1. The second-order valence-corrected chi connectivity index (χ2v) is 8.18. The van der Waals surface area contributed by atoms with Crippen molar-refractivity contribution in [3.05, 3.63) is 53.8 Å². The van der Waals surface area contributed by atoms with E-state index in [0.29, 0.717) is 28.8 Å². The molecule has 1 aliphatic heterocycles. The normalized spacial score (nSPS) is 14.2. The monoisotopic (exact) mass is 485 g/mol. The predicted molar refractivity (Wildman–Crippen MR) is 131 cm³/mol. The molecule has 1 saturated heterocycles. The number of carbonyl (C=O) groups excluding carboxylic acids is 1. The highest BCUT2D eigenvalue weighted by atomic mass is 35.5. The van der Waals surface area contributed by atoms with Crippen LogP contribution in [-0.2, 0) is 9.53 Å². The Bertz CT molecular complexity index is 1220. The molecule has 4 rings (SSSR count). The molecule has 2 heterocycles. The first kappa shape index (κ1) is 23.9. The Morgan fingerprint density at radius 1 is 1.29 bits per heavy atom. The van der Waals surface area contributed by atoms with Gasteiger partial charge >= 0.3 is 0 Å². The molecule has 34 heavy (non-hydrogen) atoms. The van der Waals surface area contributed by atoms with Crippen LogP contribution in [0.4, 0.5) is 15.9 Å². The molecule has 0 bridgehead atoms. The number of morpholine rings is 1. The molecule has 1 fully saturated rings. The molecule has 0 aliphatic carbocycles. The molecular weight excluding hydrogens is 461 g/mol. The van der Waals surface area contributed by atoms with E-state index < -0.39 is 11.7 Å². The van der Waals surface area contributed by atoms with Gasteiger partial charge in [-0.3, -0.25) is 9.69 Å². The number of fused-ring (bicyclic) bond motifs is 1. The smallest absolute Gasteiger partial charge is 0.247 e. The fourth-order valence-electron chi connectivity index (χ4n) is 3.67. The fourth-order valence-corrected chi connectivity index (χ4v) is 3.83. The highest BCUT2D eigenvalue weighted by molar-refractivity contribution is 6.31. The summed E-state index contributed by atoms with van der Waals surface area (Å²) in [5.74, 6) is -0.123. The number of carbonyl (C=O) groups is 1. The van der Waals surface area contributed by atoms with Crippen molar-refractivity contribution in [2.45, 2.75) is 6.42 Å². The van der Waals surface area contributed by atoms with Crippen molar-refractivity contribution in [1.29, 1.82) is 0 Å². The van der Waals surface area contributed by atoms with E-state index in [-0.39, 0.29) is 22.4 Å². The van der Waals surface area contributed by atoms with Crippen LogP contribution in [0.1, 0.15) is 6.42 Å². The number of nitrogens with two attached hydrogens (primary N) is 1. The number of benzene rings is 2. The number of nitrogens with zero attached hydrogens (tertiary/aromatic N) is 3. The van der Waals surface area contributed by atoms with Crippen LogP contribution in [0, 0.1) is 5.82 Å². The van der Waals surface area contributed by atoms with Gasteiger partial charge in [-0.1, -0.05) is 18.2 Å². The zero-order valence-corrected chi connectivity index (χ0v) is 19.3. The minimum atomic E-state index is -0.689. The quantitative estimate of drug-likeness (QED) is 0.368. The third kappa shape index (κ3) is 5.61. The molecule has 0 spiro atoms. The topological polar surface area (TPSA) is 103 Å². The van der Waals surface area contributed by atoms with Gasteiger partial charge in [-0.25, -0.2) is 14.4 Å². The van der Waals surface area contributed by atoms with Gasteiger partial charge in [0.1, 0.15) is 17.4 Å². The maximum absolute atomic E-state index is 14.1. The number of rotatable bonds is 8. The average molecular weight is 486 g/mol. The van der Waals surface area contributed by atoms with E-state index >= 15 is 0 Å². The van der Waals surface area contributed by atoms with Crippen molar-refractivity contribution in [3.8, 4) is 17.1 Å². The fraction of sp³-hybridized carbons (Fsp3) is 0.292. The van der Waals surface area contributed by atoms with E-state index in [2.05, 4.69) is 26.8 Å². The summed E-state index contributed by atoms with van der Waals surface area (Å²) < 4.78 is 25.4. The summed E-state index contributed by atoms with van der Waals surface area (Å²) in [6.07, 6.45) is 1.96. The van der Waals surface area contributed by atoms with E-state index in [1.165, 1.54) is 6.07 Å². The van der Waals surface area contributed by atoms with Crippen LogP contribution in [0.25, 0.3) is 22.3 Å². The second-order valence-electron chi connectivity index (χ2n) is 7.77. The lowest BCUT2D eigenvalue weighted by Gasteiger charge is -2.26. The zero-order chi connectivity index (χ0) is 24.1. The van der Waals surface area contributed by atoms with Crippen molar-refractivity contribution in [3.63, 3.8) is 0 Å². The van der Waals surface area contributed by atoms with Gasteiger partial charge in [0.05, 0.1) is 36.0 Å². The van der Waals surface area contributed by atoms with Crippen LogP contribution in [0.5, 0.6) is 5.75 Å². The van der Waals surface area contributed by atoms with Crippen LogP contribution in [-0.4, -0.2) is 60.2 Å². The van der Waals surface area contributed by atoms with Crippen LogP contribution in [0.15, 0.2) is 43.0 Å². The van der Waals surface area contributed by atoms with Gasteiger partial charge in [-0.15, -0.1) is 0 Å². The van der Waals surface area contributed by atoms with Crippen molar-refractivity contribution >= 4 is 39.9 Å². The molecule has 1 aromatic heterocycles. The number of anilines is 2. The standard InChI is InChI=1S/C24H25ClFN5O3/c1-2-22(32)28-21-14-19(26)18(25)13-17(21)24-29-20-12-15(4-5-16(20)23(27)30-24)34-9-3-6-31-7-10-33-11-8-31/h2,4-5,12-14H,1,3,6-11H2,(H,28,32)(H2,27,29,30). The van der Waals surface area contributed by atoms with Gasteiger partial charge in [0, 0.05) is 36.7 Å². The first-order valence-corrected chi connectivity index (χ1v) is 11.3. The van der Waals surface area contributed by atoms with Gasteiger partial charge in [0.15, 0.2) is 5.82 Å². The summed E-state index contributed by atoms with van der Waals surface area (Å²) in [6, 6.07) is 7.85. The van der Waals surface area contributed by atoms with Crippen LogP contribution in [0.2, 0.25) is 5.02 Å². The number of amides is 1. The second kappa shape index (κ2) is 10.8. The highest BCUT2D eigenvalue weighted by Crippen LogP contribution is 2.33. The minimum absolute atomic E-state index is 0.133. The molecule has 8 nitrogen and oxygen atoms in total. The van der Waals surface area contributed by atoms with E-state index in [1.54, 1.807) is 12.1 Å². The maximum Gasteiger partial charge on any atom is 0.247 e. The third-order valence-electron chi connectivity index (χ3n) is 5.43. The number of ether oxygens (including phenoxy) is 2. The van der Waals surface area contributed by atoms with E-state index in [0.717, 1.165) is 51.4 Å². The Hall–Kier alpha value is -3.27. The Morgan fingerprint density at radius 3 is 2.85 bits per heavy atom. The number of aromatic nitrogens is 2. The molecular formula is C24H25ClFN5O3. The number of halogens is 2. The molecule has 1 amide bonds. The van der Waals surface area contributed by atoms with E-state index in [4.69, 9.17) is 26.8 Å². The van der Waals surface area contributed by atoms with E-state index in [1.807, 2.05) is 6.07 Å². The molecule has 2 aromatic carbocycles. The van der Waals surface area contributed by atoms with Gasteiger partial charge in [0.25, 0.3) is 0 Å². The van der Waals surface area contributed by atoms with Crippen LogP contribution >= 0.6 is 11.6 Å². The van der Waals surface area contributed by atoms with Gasteiger partial charge < -0.3 is 20.5 Å². The summed E-state index contributed by atoms with van der Waals surface area (Å²) in [5, 5.41) is 3.07. The lowest BCUT2D eigenvalue weighted by atomic mass is 10.1. The highest BCUT2D eigenvalue weighted by Gasteiger charge is 2.17. The van der Waals surface area contributed by atoms with Crippen molar-refractivity contribution in [1.82, 2.24) is 14.9 Å². The average Bonchev–Trinajstić information content (AvgIpc) is 2.84. The zero-order valence-electron chi connectivity index (χ0n) is 18.5. The first-order valence-electron chi connectivity index (χ1n) is 10.9. The summed E-state index contributed by atoms with van der Waals surface area (Å²) >= 11 is 5.99. The lowest BCUT2D eigenvalue weighted by molar-refractivity contribution is -0.111. The molecule has 0 atom stereocenters. The Kier molecular flexibility index (Phi) is 7.56.